The predicted molar refractivity (Wildman–Crippen MR) is 90.9 cm³/mol. The molecule has 0 aliphatic heterocycles. The molecule has 11 heteroatoms. The highest BCUT2D eigenvalue weighted by Gasteiger charge is 2.46. The maximum absolute atomic E-state index is 14.6. The number of anilines is 2. The van der Waals surface area contributed by atoms with E-state index < -0.39 is 67.9 Å². The van der Waals surface area contributed by atoms with Gasteiger partial charge in [-0.15, -0.1) is 0 Å². The Labute approximate surface area is 160 Å². The first-order valence-electron chi connectivity index (χ1n) is 9.95. The Morgan fingerprint density at radius 3 is 1.89 bits per heavy atom. The van der Waals surface area contributed by atoms with Crippen molar-refractivity contribution in [2.24, 2.45) is 0 Å². The van der Waals surface area contributed by atoms with E-state index in [2.05, 4.69) is 25.6 Å². The van der Waals surface area contributed by atoms with Crippen LogP contribution in [0.4, 0.5) is 33.8 Å². The van der Waals surface area contributed by atoms with Crippen LogP contribution in [0.15, 0.2) is 5.83 Å². The van der Waals surface area contributed by atoms with Gasteiger partial charge in [0.25, 0.3) is 11.8 Å². The van der Waals surface area contributed by atoms with E-state index >= 15 is 0 Å². The van der Waals surface area contributed by atoms with Gasteiger partial charge in [-0.1, -0.05) is 0 Å². The lowest BCUT2D eigenvalue weighted by Crippen LogP contribution is -2.45. The van der Waals surface area contributed by atoms with Gasteiger partial charge in [-0.25, -0.2) is 22.0 Å². The number of nitrogens with one attached hydrogen (secondary N) is 2. The Balaban J connectivity index is 1.61. The third kappa shape index (κ3) is 4.03. The van der Waals surface area contributed by atoms with Crippen LogP contribution < -0.4 is 10.6 Å². The van der Waals surface area contributed by atoms with Crippen LogP contribution in [0.2, 0.25) is 0 Å². The van der Waals surface area contributed by atoms with E-state index in [9.17, 15) is 27.1 Å². The molecule has 2 fully saturated rings. The summed E-state index contributed by atoms with van der Waals surface area (Å²) >= 11 is 0. The molecule has 0 spiro atoms. The summed E-state index contributed by atoms with van der Waals surface area (Å²) < 4.78 is 82.3. The van der Waals surface area contributed by atoms with E-state index in [0.717, 1.165) is 0 Å². The lowest BCUT2D eigenvalue weighted by molar-refractivity contribution is -0.0799. The Hall–Kier alpha value is -2.04. The molecule has 1 aromatic heterocycles. The Morgan fingerprint density at radius 1 is 0.929 bits per heavy atom. The molecule has 6 nitrogen and oxygen atoms in total. The molecule has 0 saturated heterocycles. The quantitative estimate of drug-likeness (QED) is 0.648. The fraction of sp³-hybridized carbons (Fsp3) is 0.706. The molecule has 0 amide bonds. The Kier molecular flexibility index (Phi) is 4.09. The second-order valence-corrected chi connectivity index (χ2v) is 7.45. The summed E-state index contributed by atoms with van der Waals surface area (Å²) in [6.45, 7) is 0. The standard InChI is InChI=1S/C17H20F5N5O/c18-12-10(2-1-3-11(12)28)13-25-14(23-8-4-16(19,20)5-8)27-15(26-13)24-9-6-17(21,22)7-9/h8-9,11,28H,1-7H2,(H2,23,24,25,26,27)/i3D2. The normalized spacial score (nSPS) is 30.0. The number of hydrogen-bond acceptors (Lipinski definition) is 6. The summed E-state index contributed by atoms with van der Waals surface area (Å²) in [5.74, 6) is -7.17. The molecule has 1 atom stereocenters. The molecule has 1 aromatic rings. The zero-order chi connectivity index (χ0) is 21.9. The van der Waals surface area contributed by atoms with E-state index in [1.54, 1.807) is 0 Å². The van der Waals surface area contributed by atoms with Gasteiger partial charge in [0.2, 0.25) is 11.9 Å². The van der Waals surface area contributed by atoms with Gasteiger partial charge in [-0.05, 0) is 19.2 Å². The van der Waals surface area contributed by atoms with Crippen molar-refractivity contribution in [1.29, 1.82) is 0 Å². The first kappa shape index (κ1) is 16.9. The maximum Gasteiger partial charge on any atom is 0.252 e. The van der Waals surface area contributed by atoms with Crippen LogP contribution >= 0.6 is 0 Å². The minimum atomic E-state index is -2.79. The fourth-order valence-corrected chi connectivity index (χ4v) is 3.46. The number of aromatic nitrogens is 3. The average molecular weight is 407 g/mol. The van der Waals surface area contributed by atoms with Gasteiger partial charge in [-0.2, -0.15) is 15.0 Å². The highest BCUT2D eigenvalue weighted by molar-refractivity contribution is 5.65. The second-order valence-electron chi connectivity index (χ2n) is 7.45. The van der Waals surface area contributed by atoms with Crippen LogP contribution in [0.1, 0.15) is 53.5 Å². The second kappa shape index (κ2) is 6.78. The lowest BCUT2D eigenvalue weighted by Gasteiger charge is -2.36. The molecule has 0 bridgehead atoms. The zero-order valence-corrected chi connectivity index (χ0v) is 14.7. The Bertz CT molecular complexity index is 824. The van der Waals surface area contributed by atoms with Crippen molar-refractivity contribution in [2.75, 3.05) is 10.6 Å². The number of halogens is 5. The average Bonchev–Trinajstić information content (AvgIpc) is 2.56. The predicted octanol–water partition coefficient (Wildman–Crippen LogP) is 3.52. The SMILES string of the molecule is [2H]C1([2H])CCC(c2nc(NC3CC(F)(F)C3)nc(NC3CC(F)(F)C3)n2)=C(F)C1O. The first-order chi connectivity index (χ1) is 13.8. The van der Waals surface area contributed by atoms with Crippen LogP contribution in [0.25, 0.3) is 5.57 Å². The van der Waals surface area contributed by atoms with Crippen molar-refractivity contribution >= 4 is 17.5 Å². The first-order valence-corrected chi connectivity index (χ1v) is 8.95. The number of aliphatic hydroxyl groups excluding tert-OH is 1. The van der Waals surface area contributed by atoms with E-state index in [-0.39, 0.29) is 36.1 Å². The summed E-state index contributed by atoms with van der Waals surface area (Å²) in [5.41, 5.74) is -0.135. The zero-order valence-electron chi connectivity index (χ0n) is 16.7. The smallest absolute Gasteiger partial charge is 0.252 e. The van der Waals surface area contributed by atoms with Gasteiger partial charge >= 0.3 is 0 Å². The van der Waals surface area contributed by atoms with E-state index in [0.29, 0.717) is 0 Å². The largest absolute Gasteiger partial charge is 0.386 e. The molecular formula is C17H20F5N5O. The monoisotopic (exact) mass is 407 g/mol. The topological polar surface area (TPSA) is 83.0 Å². The molecule has 28 heavy (non-hydrogen) atoms. The molecule has 4 rings (SSSR count). The van der Waals surface area contributed by atoms with Gasteiger partial charge < -0.3 is 15.7 Å². The number of alkyl halides is 4. The number of nitrogens with zero attached hydrogens (tertiary/aromatic N) is 3. The summed E-state index contributed by atoms with van der Waals surface area (Å²) in [4.78, 5) is 12.1. The van der Waals surface area contributed by atoms with Gasteiger partial charge in [0, 0.05) is 46.1 Å². The van der Waals surface area contributed by atoms with Gasteiger partial charge in [-0.3, -0.25) is 0 Å². The van der Waals surface area contributed by atoms with Crippen LogP contribution in [-0.4, -0.2) is 50.1 Å². The molecule has 1 unspecified atom stereocenters. The minimum absolute atomic E-state index is 0.109. The van der Waals surface area contributed by atoms with Crippen LogP contribution in [0.3, 0.4) is 0 Å². The van der Waals surface area contributed by atoms with E-state index in [1.165, 1.54) is 0 Å². The van der Waals surface area contributed by atoms with Gasteiger partial charge in [0.05, 0.1) is 0 Å². The number of allylic oxidation sites excluding steroid dienone is 1. The van der Waals surface area contributed by atoms with Crippen molar-refractivity contribution in [3.05, 3.63) is 11.7 Å². The highest BCUT2D eigenvalue weighted by atomic mass is 19.3. The summed E-state index contributed by atoms with van der Waals surface area (Å²) in [7, 11) is 0. The van der Waals surface area contributed by atoms with E-state index in [1.807, 2.05) is 0 Å². The molecule has 2 saturated carbocycles. The molecular weight excluding hydrogens is 385 g/mol. The molecule has 3 N–H and O–H groups in total. The number of hydrogen-bond donors (Lipinski definition) is 3. The summed E-state index contributed by atoms with van der Waals surface area (Å²) in [6, 6.07) is -1.22. The minimum Gasteiger partial charge on any atom is -0.386 e. The van der Waals surface area contributed by atoms with Gasteiger partial charge in [0.1, 0.15) is 11.9 Å². The van der Waals surface area contributed by atoms with Crippen LogP contribution in [0.5, 0.6) is 0 Å². The summed E-state index contributed by atoms with van der Waals surface area (Å²) in [6.07, 6.45) is -6.16. The third-order valence-electron chi connectivity index (χ3n) is 4.99. The van der Waals surface area contributed by atoms with Crippen molar-refractivity contribution in [3.8, 4) is 0 Å². The number of rotatable bonds is 5. The maximum atomic E-state index is 14.6. The number of aliphatic hydroxyl groups is 1. The summed E-state index contributed by atoms with van der Waals surface area (Å²) in [5, 5.41) is 15.3. The van der Waals surface area contributed by atoms with Gasteiger partial charge in [0.15, 0.2) is 5.82 Å². The van der Waals surface area contributed by atoms with Crippen molar-refractivity contribution in [1.82, 2.24) is 15.0 Å². The molecule has 3 aliphatic carbocycles. The molecule has 0 radical (unpaired) electrons. The third-order valence-corrected chi connectivity index (χ3v) is 4.99. The molecule has 1 heterocycles. The Morgan fingerprint density at radius 2 is 1.43 bits per heavy atom. The fourth-order valence-electron chi connectivity index (χ4n) is 3.46. The van der Waals surface area contributed by atoms with E-state index in [4.69, 9.17) is 2.74 Å². The molecule has 0 aromatic carbocycles. The molecule has 154 valence electrons. The van der Waals surface area contributed by atoms with Crippen molar-refractivity contribution in [2.45, 2.75) is 74.9 Å². The van der Waals surface area contributed by atoms with Crippen LogP contribution in [-0.2, 0) is 0 Å². The highest BCUT2D eigenvalue weighted by Crippen LogP contribution is 2.40. The van der Waals surface area contributed by atoms with Crippen molar-refractivity contribution < 1.29 is 29.8 Å². The van der Waals surface area contributed by atoms with Crippen molar-refractivity contribution in [3.63, 3.8) is 0 Å². The van der Waals surface area contributed by atoms with Crippen LogP contribution in [0, 0.1) is 0 Å². The lowest BCUT2D eigenvalue weighted by atomic mass is 9.88. The molecule has 3 aliphatic rings.